The van der Waals surface area contributed by atoms with Crippen molar-refractivity contribution in [3.05, 3.63) is 35.9 Å². The molecule has 0 spiro atoms. The number of rotatable bonds is 4. The van der Waals surface area contributed by atoms with Gasteiger partial charge in [-0.25, -0.2) is 13.2 Å². The molecule has 0 aromatic heterocycles. The highest BCUT2D eigenvalue weighted by molar-refractivity contribution is 7.91. The normalized spacial score (nSPS) is 25.7. The Labute approximate surface area is 146 Å². The van der Waals surface area contributed by atoms with E-state index in [1.807, 2.05) is 30.3 Å². The number of nitrogens with zero attached hydrogens (tertiary/aromatic N) is 1. The Kier molecular flexibility index (Phi) is 5.12. The molecule has 1 aliphatic heterocycles. The number of amidine groups is 1. The zero-order chi connectivity index (χ0) is 17.9. The van der Waals surface area contributed by atoms with Gasteiger partial charge in [-0.3, -0.25) is 0 Å². The minimum absolute atomic E-state index is 0.0647. The van der Waals surface area contributed by atoms with Gasteiger partial charge in [-0.1, -0.05) is 36.8 Å². The van der Waals surface area contributed by atoms with Gasteiger partial charge >= 0.3 is 12.1 Å². The fourth-order valence-electron chi connectivity index (χ4n) is 3.17. The van der Waals surface area contributed by atoms with Crippen molar-refractivity contribution in [2.45, 2.75) is 43.1 Å². The van der Waals surface area contributed by atoms with Gasteiger partial charge in [-0.2, -0.15) is 0 Å². The van der Waals surface area contributed by atoms with Crippen LogP contribution in [0.1, 0.15) is 37.3 Å². The summed E-state index contributed by atoms with van der Waals surface area (Å²) in [6, 6.07) is 8.55. The van der Waals surface area contributed by atoms with Gasteiger partial charge in [0.2, 0.25) is 0 Å². The van der Waals surface area contributed by atoms with Gasteiger partial charge in [0.1, 0.15) is 18.0 Å². The van der Waals surface area contributed by atoms with Crippen LogP contribution in [0, 0.1) is 0 Å². The Morgan fingerprint density at radius 2 is 2.04 bits per heavy atom. The number of nitrogens with two attached hydrogens (primary N) is 1. The summed E-state index contributed by atoms with van der Waals surface area (Å²) in [5, 5.41) is 2.35. The minimum atomic E-state index is -3.62. The molecule has 136 valence electrons. The zero-order valence-electron chi connectivity index (χ0n) is 13.6. The third-order valence-electron chi connectivity index (χ3n) is 4.39. The molecular formula is C16H21N3O5S. The molecule has 0 radical (unpaired) electrons. The Morgan fingerprint density at radius 1 is 1.32 bits per heavy atom. The summed E-state index contributed by atoms with van der Waals surface area (Å²) in [4.78, 5) is 10.9. The molecule has 3 atom stereocenters. The van der Waals surface area contributed by atoms with Crippen LogP contribution in [0.2, 0.25) is 0 Å². The Hall–Kier alpha value is -2.29. The van der Waals surface area contributed by atoms with E-state index in [0.29, 0.717) is 12.8 Å². The predicted molar refractivity (Wildman–Crippen MR) is 91.3 cm³/mol. The number of benzene rings is 1. The van der Waals surface area contributed by atoms with Crippen LogP contribution in [0.25, 0.3) is 0 Å². The number of primary amides is 1. The fraction of sp³-hybridized carbons (Fsp3) is 0.500. The highest BCUT2D eigenvalue weighted by Crippen LogP contribution is 2.31. The predicted octanol–water partition coefficient (Wildman–Crippen LogP) is 1.44. The lowest BCUT2D eigenvalue weighted by molar-refractivity contribution is 0.122. The van der Waals surface area contributed by atoms with E-state index in [1.165, 1.54) is 0 Å². The molecule has 25 heavy (non-hydrogen) atoms. The van der Waals surface area contributed by atoms with Gasteiger partial charge in [0.15, 0.2) is 0 Å². The molecular weight excluding hydrogens is 346 g/mol. The van der Waals surface area contributed by atoms with E-state index in [9.17, 15) is 13.2 Å². The number of sulfonamides is 1. The Bertz CT molecular complexity index is 750. The van der Waals surface area contributed by atoms with Gasteiger partial charge in [0.25, 0.3) is 10.0 Å². The summed E-state index contributed by atoms with van der Waals surface area (Å²) in [6.45, 7) is -0.0735. The maximum absolute atomic E-state index is 12.4. The summed E-state index contributed by atoms with van der Waals surface area (Å²) in [5.74, 6) is 0. The summed E-state index contributed by atoms with van der Waals surface area (Å²) in [6.07, 6.45) is 1.73. The molecule has 1 aromatic rings. The molecule has 1 aliphatic carbocycles. The van der Waals surface area contributed by atoms with Crippen molar-refractivity contribution >= 4 is 22.1 Å². The molecule has 8 nitrogen and oxygen atoms in total. The third-order valence-corrected chi connectivity index (χ3v) is 6.11. The number of carbonyl (C=O) groups is 1. The standard InChI is InChI=1S/C16H21N3O5S/c17-15(20)23-10-12(11-6-2-1-3-7-11)18-16-19-25(21,22)14-9-5-4-8-13(14)24-16/h1-3,6-7,12-14H,4-5,8-10H2,(H2,17,20)(H,18,19)/t12-,13?,14?/m1/s1. The first kappa shape index (κ1) is 17.5. The first-order valence-electron chi connectivity index (χ1n) is 8.20. The van der Waals surface area contributed by atoms with Crippen LogP contribution in [-0.4, -0.2) is 38.5 Å². The molecule has 3 N–H and O–H groups in total. The van der Waals surface area contributed by atoms with Crippen LogP contribution >= 0.6 is 0 Å². The molecule has 1 fully saturated rings. The number of nitrogens with one attached hydrogen (secondary N) is 1. The van der Waals surface area contributed by atoms with E-state index in [-0.39, 0.29) is 12.6 Å². The highest BCUT2D eigenvalue weighted by atomic mass is 32.2. The molecule has 0 bridgehead atoms. The summed E-state index contributed by atoms with van der Waals surface area (Å²) in [7, 11) is -3.62. The molecule has 1 amide bonds. The van der Waals surface area contributed by atoms with Crippen molar-refractivity contribution in [2.75, 3.05) is 6.61 Å². The molecule has 1 heterocycles. The SMILES string of the molecule is NC(=O)OC[C@@H](NC1=NS(=O)(=O)C2CCCCC2O1)c1ccccc1. The summed E-state index contributed by atoms with van der Waals surface area (Å²) >= 11 is 0. The van der Waals surface area contributed by atoms with Crippen molar-refractivity contribution in [3.63, 3.8) is 0 Å². The lowest BCUT2D eigenvalue weighted by Gasteiger charge is -2.34. The van der Waals surface area contributed by atoms with E-state index in [4.69, 9.17) is 15.2 Å². The fourth-order valence-corrected chi connectivity index (χ4v) is 4.67. The number of fused-ring (bicyclic) bond motifs is 1. The van der Waals surface area contributed by atoms with E-state index in [0.717, 1.165) is 18.4 Å². The Balaban J connectivity index is 1.81. The van der Waals surface area contributed by atoms with Crippen molar-refractivity contribution in [2.24, 2.45) is 10.1 Å². The smallest absolute Gasteiger partial charge is 0.404 e. The van der Waals surface area contributed by atoms with Gasteiger partial charge in [0.05, 0.1) is 6.04 Å². The van der Waals surface area contributed by atoms with Gasteiger partial charge in [-0.05, 0) is 24.8 Å². The molecule has 9 heteroatoms. The number of hydrogen-bond acceptors (Lipinski definition) is 6. The van der Waals surface area contributed by atoms with Gasteiger partial charge in [0, 0.05) is 0 Å². The highest BCUT2D eigenvalue weighted by Gasteiger charge is 2.41. The topological polar surface area (TPSA) is 120 Å². The maximum atomic E-state index is 12.4. The van der Waals surface area contributed by atoms with E-state index in [2.05, 4.69) is 9.71 Å². The first-order valence-corrected chi connectivity index (χ1v) is 9.70. The average molecular weight is 367 g/mol. The quantitative estimate of drug-likeness (QED) is 0.831. The van der Waals surface area contributed by atoms with Crippen molar-refractivity contribution < 1.29 is 22.7 Å². The lowest BCUT2D eigenvalue weighted by Crippen LogP contribution is -2.48. The molecule has 0 saturated heterocycles. The second-order valence-electron chi connectivity index (χ2n) is 6.13. The number of carbonyl (C=O) groups excluding carboxylic acids is 1. The van der Waals surface area contributed by atoms with Crippen molar-refractivity contribution in [1.29, 1.82) is 0 Å². The third kappa shape index (κ3) is 4.22. The maximum Gasteiger partial charge on any atom is 0.404 e. The van der Waals surface area contributed by atoms with E-state index >= 15 is 0 Å². The van der Waals surface area contributed by atoms with Crippen molar-refractivity contribution in [1.82, 2.24) is 5.32 Å². The minimum Gasteiger partial charge on any atom is -0.460 e. The van der Waals surface area contributed by atoms with Crippen LogP contribution in [0.3, 0.4) is 0 Å². The van der Waals surface area contributed by atoms with Crippen molar-refractivity contribution in [3.8, 4) is 0 Å². The summed E-state index contributed by atoms with van der Waals surface area (Å²) < 4.78 is 39.2. The monoisotopic (exact) mass is 367 g/mol. The lowest BCUT2D eigenvalue weighted by atomic mass is 9.97. The van der Waals surface area contributed by atoms with E-state index in [1.54, 1.807) is 0 Å². The largest absolute Gasteiger partial charge is 0.460 e. The molecule has 1 saturated carbocycles. The summed E-state index contributed by atoms with van der Waals surface area (Å²) in [5.41, 5.74) is 5.83. The van der Waals surface area contributed by atoms with Gasteiger partial charge < -0.3 is 20.5 Å². The van der Waals surface area contributed by atoms with Crippen LogP contribution in [-0.2, 0) is 19.5 Å². The second kappa shape index (κ2) is 7.30. The van der Waals surface area contributed by atoms with Crippen LogP contribution < -0.4 is 11.1 Å². The zero-order valence-corrected chi connectivity index (χ0v) is 14.4. The molecule has 3 rings (SSSR count). The van der Waals surface area contributed by atoms with Crippen LogP contribution in [0.15, 0.2) is 34.7 Å². The Morgan fingerprint density at radius 3 is 2.76 bits per heavy atom. The molecule has 2 aliphatic rings. The van der Waals surface area contributed by atoms with Crippen LogP contribution in [0.4, 0.5) is 4.79 Å². The average Bonchev–Trinajstić information content (AvgIpc) is 2.58. The number of ether oxygens (including phenoxy) is 2. The number of amides is 1. The van der Waals surface area contributed by atoms with E-state index < -0.39 is 33.5 Å². The molecule has 1 aromatic carbocycles. The van der Waals surface area contributed by atoms with Crippen LogP contribution in [0.5, 0.6) is 0 Å². The second-order valence-corrected chi connectivity index (χ2v) is 7.95. The van der Waals surface area contributed by atoms with Gasteiger partial charge in [-0.15, -0.1) is 4.40 Å². The number of hydrogen-bond donors (Lipinski definition) is 2. The molecule has 2 unspecified atom stereocenters. The first-order chi connectivity index (χ1) is 12.0.